The third-order valence-corrected chi connectivity index (χ3v) is 3.91. The zero-order valence-electron chi connectivity index (χ0n) is 9.60. The Balaban J connectivity index is 2.24. The smallest absolute Gasteiger partial charge is 0.409 e. The first kappa shape index (κ1) is 13.2. The van der Waals surface area contributed by atoms with Crippen molar-refractivity contribution >= 4 is 16.1 Å². The fraction of sp³-hybridized carbons (Fsp3) is 0.889. The fourth-order valence-corrected chi connectivity index (χ4v) is 2.63. The first-order chi connectivity index (χ1) is 7.44. The number of hydrogen-bond donors (Lipinski definition) is 1. The van der Waals surface area contributed by atoms with E-state index in [1.807, 2.05) is 6.92 Å². The first-order valence-electron chi connectivity index (χ1n) is 5.33. The van der Waals surface area contributed by atoms with Crippen molar-refractivity contribution in [3.05, 3.63) is 0 Å². The molecule has 7 heteroatoms. The molecule has 1 saturated heterocycles. The van der Waals surface area contributed by atoms with Gasteiger partial charge >= 0.3 is 6.09 Å². The Labute approximate surface area is 96.0 Å². The molecular formula is C9H18N2O4S. The second-order valence-electron chi connectivity index (χ2n) is 3.89. The number of nitrogens with one attached hydrogen (secondary N) is 1. The molecule has 1 unspecified atom stereocenters. The lowest BCUT2D eigenvalue weighted by atomic mass is 10.2. The minimum Gasteiger partial charge on any atom is -0.444 e. The summed E-state index contributed by atoms with van der Waals surface area (Å²) < 4.78 is 30.1. The highest BCUT2D eigenvalue weighted by Crippen LogP contribution is 2.11. The van der Waals surface area contributed by atoms with Crippen LogP contribution < -0.4 is 4.72 Å². The minimum absolute atomic E-state index is 0.136. The second-order valence-corrected chi connectivity index (χ2v) is 5.81. The van der Waals surface area contributed by atoms with Crippen molar-refractivity contribution < 1.29 is 17.9 Å². The highest BCUT2D eigenvalue weighted by atomic mass is 32.2. The molecule has 6 nitrogen and oxygen atoms in total. The van der Waals surface area contributed by atoms with Crippen LogP contribution in [0.2, 0.25) is 0 Å². The zero-order chi connectivity index (χ0) is 12.2. The highest BCUT2D eigenvalue weighted by molar-refractivity contribution is 7.89. The van der Waals surface area contributed by atoms with Gasteiger partial charge in [-0.05, 0) is 12.8 Å². The van der Waals surface area contributed by atoms with E-state index in [0.29, 0.717) is 25.9 Å². The predicted molar refractivity (Wildman–Crippen MR) is 59.6 cm³/mol. The van der Waals surface area contributed by atoms with Crippen LogP contribution in [0, 0.1) is 0 Å². The van der Waals surface area contributed by atoms with E-state index in [-0.39, 0.29) is 18.0 Å². The van der Waals surface area contributed by atoms with Crippen molar-refractivity contribution in [2.75, 3.05) is 25.9 Å². The molecule has 0 aliphatic carbocycles. The summed E-state index contributed by atoms with van der Waals surface area (Å²) in [7, 11) is -1.50. The summed E-state index contributed by atoms with van der Waals surface area (Å²) in [6, 6.07) is 0. The highest BCUT2D eigenvalue weighted by Gasteiger charge is 2.27. The van der Waals surface area contributed by atoms with Gasteiger partial charge in [-0.15, -0.1) is 0 Å². The van der Waals surface area contributed by atoms with Gasteiger partial charge in [0.2, 0.25) is 10.0 Å². The Morgan fingerprint density at radius 3 is 2.75 bits per heavy atom. The van der Waals surface area contributed by atoms with Gasteiger partial charge in [-0.2, -0.15) is 0 Å². The average Bonchev–Trinajstić information content (AvgIpc) is 2.45. The van der Waals surface area contributed by atoms with Crippen molar-refractivity contribution in [1.82, 2.24) is 9.62 Å². The Morgan fingerprint density at radius 2 is 2.25 bits per heavy atom. The van der Waals surface area contributed by atoms with Crippen LogP contribution in [0.4, 0.5) is 4.79 Å². The zero-order valence-corrected chi connectivity index (χ0v) is 10.4. The van der Waals surface area contributed by atoms with Gasteiger partial charge in [-0.3, -0.25) is 0 Å². The maximum absolute atomic E-state index is 11.3. The molecule has 1 aliphatic heterocycles. The molecule has 1 atom stereocenters. The maximum atomic E-state index is 11.3. The summed E-state index contributed by atoms with van der Waals surface area (Å²) in [5, 5.41) is 0. The molecule has 94 valence electrons. The number of ether oxygens (including phenoxy) is 1. The molecule has 0 saturated carbocycles. The summed E-state index contributed by atoms with van der Waals surface area (Å²) in [4.78, 5) is 12.5. The van der Waals surface area contributed by atoms with Gasteiger partial charge in [-0.25, -0.2) is 17.9 Å². The van der Waals surface area contributed by atoms with E-state index in [9.17, 15) is 13.2 Å². The molecule has 0 aromatic rings. The van der Waals surface area contributed by atoms with Crippen LogP contribution in [-0.2, 0) is 14.8 Å². The molecule has 1 fully saturated rings. The molecule has 0 radical (unpaired) electrons. The molecule has 1 rings (SSSR count). The number of rotatable bonds is 6. The van der Waals surface area contributed by atoms with E-state index in [1.165, 1.54) is 4.90 Å². The molecule has 0 spiro atoms. The van der Waals surface area contributed by atoms with Gasteiger partial charge in [0.05, 0.1) is 12.3 Å². The minimum atomic E-state index is -3.15. The van der Waals surface area contributed by atoms with Crippen LogP contribution in [0.5, 0.6) is 0 Å². The molecular weight excluding hydrogens is 232 g/mol. The van der Waals surface area contributed by atoms with Gasteiger partial charge in [0, 0.05) is 13.6 Å². The van der Waals surface area contributed by atoms with Crippen molar-refractivity contribution in [3.63, 3.8) is 0 Å². The molecule has 1 heterocycles. The maximum Gasteiger partial charge on any atom is 0.409 e. The number of carbonyl (C=O) groups excluding carboxylic acids is 1. The van der Waals surface area contributed by atoms with Crippen molar-refractivity contribution in [3.8, 4) is 0 Å². The van der Waals surface area contributed by atoms with Crippen LogP contribution in [0.1, 0.15) is 19.8 Å². The Morgan fingerprint density at radius 1 is 1.56 bits per heavy atom. The quantitative estimate of drug-likeness (QED) is 0.728. The average molecular weight is 250 g/mol. The van der Waals surface area contributed by atoms with E-state index in [1.54, 1.807) is 7.05 Å². The van der Waals surface area contributed by atoms with Gasteiger partial charge in [0.15, 0.2) is 0 Å². The Hall–Kier alpha value is -0.820. The molecule has 0 bridgehead atoms. The Bertz CT molecular complexity index is 341. The fourth-order valence-electron chi connectivity index (χ4n) is 1.52. The van der Waals surface area contributed by atoms with Crippen LogP contribution in [0.3, 0.4) is 0 Å². The number of nitrogens with zero attached hydrogens (tertiary/aromatic N) is 1. The lowest BCUT2D eigenvalue weighted by Crippen LogP contribution is -2.30. The lowest BCUT2D eigenvalue weighted by molar-refractivity contribution is 0.131. The van der Waals surface area contributed by atoms with Crippen LogP contribution >= 0.6 is 0 Å². The largest absolute Gasteiger partial charge is 0.444 e. The van der Waals surface area contributed by atoms with Crippen LogP contribution in [0.25, 0.3) is 0 Å². The molecule has 1 N–H and O–H groups in total. The Kier molecular flexibility index (Phi) is 4.55. The second kappa shape index (κ2) is 5.49. The topological polar surface area (TPSA) is 75.7 Å². The number of hydrogen-bond acceptors (Lipinski definition) is 4. The summed E-state index contributed by atoms with van der Waals surface area (Å²) in [5.41, 5.74) is 0. The third-order valence-electron chi connectivity index (χ3n) is 2.32. The standard InChI is InChI=1S/C9H18N2O4S/c1-3-6-16(13,14)10-5-4-8-7-11(2)9(12)15-8/h8,10H,3-7H2,1-2H3. The number of carbonyl (C=O) groups is 1. The summed E-state index contributed by atoms with van der Waals surface area (Å²) >= 11 is 0. The number of sulfonamides is 1. The SMILES string of the molecule is CCCS(=O)(=O)NCCC1CN(C)C(=O)O1. The van der Waals surface area contributed by atoms with Crippen molar-refractivity contribution in [2.45, 2.75) is 25.9 Å². The van der Waals surface area contributed by atoms with E-state index in [4.69, 9.17) is 4.74 Å². The van der Waals surface area contributed by atoms with E-state index < -0.39 is 10.0 Å². The molecule has 1 amide bonds. The molecule has 0 aromatic heterocycles. The summed E-state index contributed by atoms with van der Waals surface area (Å²) in [5.74, 6) is 0.136. The number of amides is 1. The summed E-state index contributed by atoms with van der Waals surface area (Å²) in [6.07, 6.45) is 0.554. The molecule has 16 heavy (non-hydrogen) atoms. The van der Waals surface area contributed by atoms with Gasteiger partial charge in [0.25, 0.3) is 0 Å². The van der Waals surface area contributed by atoms with E-state index in [0.717, 1.165) is 0 Å². The van der Waals surface area contributed by atoms with Crippen LogP contribution in [-0.4, -0.2) is 51.4 Å². The monoisotopic (exact) mass is 250 g/mol. The van der Waals surface area contributed by atoms with Crippen molar-refractivity contribution in [2.24, 2.45) is 0 Å². The van der Waals surface area contributed by atoms with Crippen LogP contribution in [0.15, 0.2) is 0 Å². The molecule has 1 aliphatic rings. The first-order valence-corrected chi connectivity index (χ1v) is 6.99. The number of cyclic esters (lactones) is 1. The lowest BCUT2D eigenvalue weighted by Gasteiger charge is -2.09. The normalized spacial score (nSPS) is 21.2. The van der Waals surface area contributed by atoms with Crippen molar-refractivity contribution in [1.29, 1.82) is 0 Å². The number of likely N-dealkylation sites (N-methyl/N-ethyl adjacent to an activating group) is 1. The van der Waals surface area contributed by atoms with Gasteiger partial charge in [0.1, 0.15) is 6.10 Å². The van der Waals surface area contributed by atoms with Gasteiger partial charge < -0.3 is 9.64 Å². The summed E-state index contributed by atoms with van der Waals surface area (Å²) in [6.45, 7) is 2.65. The third kappa shape index (κ3) is 3.97. The van der Waals surface area contributed by atoms with E-state index >= 15 is 0 Å². The van der Waals surface area contributed by atoms with E-state index in [2.05, 4.69) is 4.72 Å². The molecule has 0 aromatic carbocycles. The predicted octanol–water partition coefficient (Wildman–Crippen LogP) is 0.156. The van der Waals surface area contributed by atoms with Gasteiger partial charge in [-0.1, -0.05) is 6.92 Å².